The van der Waals surface area contributed by atoms with Gasteiger partial charge in [0, 0.05) is 9.86 Å². The lowest BCUT2D eigenvalue weighted by molar-refractivity contribution is 1.20. The minimum absolute atomic E-state index is 0.933. The fraction of sp³-hybridized carbons (Fsp3) is 0.154. The van der Waals surface area contributed by atoms with Gasteiger partial charge in [-0.1, -0.05) is 31.7 Å². The van der Waals surface area contributed by atoms with E-state index < -0.39 is 0 Å². The Balaban J connectivity index is 2.64. The highest BCUT2D eigenvalue weighted by molar-refractivity contribution is 9.10. The maximum absolute atomic E-state index is 4.60. The number of benzene rings is 1. The molecule has 0 saturated heterocycles. The molecule has 0 aliphatic carbocycles. The first-order valence-corrected chi connectivity index (χ1v) is 5.75. The fourth-order valence-electron chi connectivity index (χ4n) is 1.49. The molecule has 2 rings (SSSR count). The van der Waals surface area contributed by atoms with Gasteiger partial charge in [0.25, 0.3) is 0 Å². The van der Waals surface area contributed by atoms with Gasteiger partial charge in [-0.3, -0.25) is 0 Å². The largest absolute Gasteiger partial charge is 0.247 e. The summed E-state index contributed by atoms with van der Waals surface area (Å²) in [6.45, 7) is 6.09. The van der Waals surface area contributed by atoms with Gasteiger partial charge in [-0.25, -0.2) is 4.98 Å². The van der Waals surface area contributed by atoms with Crippen LogP contribution in [0.15, 0.2) is 41.4 Å². The highest BCUT2D eigenvalue weighted by Crippen LogP contribution is 2.24. The van der Waals surface area contributed by atoms with E-state index in [-0.39, 0.29) is 0 Å². The Morgan fingerprint density at radius 1 is 1.33 bits per heavy atom. The van der Waals surface area contributed by atoms with Gasteiger partial charge in [-0.2, -0.15) is 0 Å². The third-order valence-corrected chi connectivity index (χ3v) is 3.10. The predicted octanol–water partition coefficient (Wildman–Crippen LogP) is 4.42. The van der Waals surface area contributed by atoms with Crippen molar-refractivity contribution >= 4 is 32.4 Å². The van der Waals surface area contributed by atoms with Crippen LogP contribution >= 0.6 is 15.9 Å². The van der Waals surface area contributed by atoms with Crippen LogP contribution in [-0.2, 0) is 0 Å². The lowest BCUT2D eigenvalue weighted by Gasteiger charge is -2.05. The van der Waals surface area contributed by atoms with E-state index >= 15 is 0 Å². The number of hydrogen-bond donors (Lipinski definition) is 0. The quantitative estimate of drug-likeness (QED) is 0.780. The molecule has 0 N–H and O–H groups in total. The highest BCUT2D eigenvalue weighted by atomic mass is 79.9. The molecule has 0 aliphatic heterocycles. The summed E-state index contributed by atoms with van der Waals surface area (Å²) in [5.41, 5.74) is 3.06. The van der Waals surface area contributed by atoms with Crippen LogP contribution in [-0.4, -0.2) is 4.98 Å². The second-order valence-corrected chi connectivity index (χ2v) is 4.32. The van der Waals surface area contributed by atoms with Crippen molar-refractivity contribution in [2.24, 2.45) is 0 Å². The number of aromatic nitrogens is 1. The molecule has 0 spiro atoms. The number of halogens is 1. The molecule has 0 amide bonds. The van der Waals surface area contributed by atoms with Crippen LogP contribution in [0.4, 0.5) is 0 Å². The number of rotatable bonds is 2. The molecule has 0 radical (unpaired) electrons. The van der Waals surface area contributed by atoms with Crippen molar-refractivity contribution in [3.8, 4) is 0 Å². The Kier molecular flexibility index (Phi) is 2.87. The van der Waals surface area contributed by atoms with E-state index in [0.29, 0.717) is 0 Å². The molecule has 0 atom stereocenters. The van der Waals surface area contributed by atoms with Gasteiger partial charge in [-0.15, -0.1) is 0 Å². The van der Waals surface area contributed by atoms with E-state index in [1.165, 1.54) is 0 Å². The van der Waals surface area contributed by atoms with Gasteiger partial charge in [0.1, 0.15) is 0 Å². The summed E-state index contributed by atoms with van der Waals surface area (Å²) in [6, 6.07) is 10.2. The van der Waals surface area contributed by atoms with Crippen molar-refractivity contribution in [1.82, 2.24) is 4.98 Å². The summed E-state index contributed by atoms with van der Waals surface area (Å²) >= 11 is 3.51. The molecule has 76 valence electrons. The zero-order valence-corrected chi connectivity index (χ0v) is 10.2. The summed E-state index contributed by atoms with van der Waals surface area (Å²) in [4.78, 5) is 4.60. The summed E-state index contributed by atoms with van der Waals surface area (Å²) < 4.78 is 1.03. The van der Waals surface area contributed by atoms with Crippen LogP contribution in [0.1, 0.15) is 19.0 Å². The third-order valence-electron chi connectivity index (χ3n) is 2.46. The number of nitrogens with zero attached hydrogens (tertiary/aromatic N) is 1. The standard InChI is InChI=1S/C13H12BrN/c1-3-9(2)12-8-7-10-5-4-6-11(14)13(10)15-12/h4-8H,2-3H2,1H3. The molecule has 0 unspecified atom stereocenters. The summed E-state index contributed by atoms with van der Waals surface area (Å²) in [6.07, 6.45) is 0.933. The average molecular weight is 262 g/mol. The Morgan fingerprint density at radius 2 is 2.13 bits per heavy atom. The topological polar surface area (TPSA) is 12.9 Å². The Bertz CT molecular complexity index is 517. The Morgan fingerprint density at radius 3 is 2.87 bits per heavy atom. The summed E-state index contributed by atoms with van der Waals surface area (Å²) in [7, 11) is 0. The number of pyridine rings is 1. The third kappa shape index (κ3) is 1.95. The van der Waals surface area contributed by atoms with Crippen LogP contribution in [0.25, 0.3) is 16.5 Å². The van der Waals surface area contributed by atoms with Gasteiger partial charge in [0.05, 0.1) is 11.2 Å². The number of fused-ring (bicyclic) bond motifs is 1. The number of allylic oxidation sites excluding steroid dienone is 1. The van der Waals surface area contributed by atoms with Gasteiger partial charge in [0.2, 0.25) is 0 Å². The Labute approximate surface area is 98.0 Å². The van der Waals surface area contributed by atoms with Crippen LogP contribution in [0, 0.1) is 0 Å². The molecule has 0 bridgehead atoms. The van der Waals surface area contributed by atoms with Crippen molar-refractivity contribution in [2.75, 3.05) is 0 Å². The molecular weight excluding hydrogens is 250 g/mol. The zero-order valence-electron chi connectivity index (χ0n) is 8.63. The Hall–Kier alpha value is -1.15. The molecule has 1 aromatic heterocycles. The van der Waals surface area contributed by atoms with E-state index in [1.807, 2.05) is 18.2 Å². The van der Waals surface area contributed by atoms with E-state index in [1.54, 1.807) is 0 Å². The lowest BCUT2D eigenvalue weighted by Crippen LogP contribution is -1.88. The van der Waals surface area contributed by atoms with E-state index in [9.17, 15) is 0 Å². The SMILES string of the molecule is C=C(CC)c1ccc2cccc(Br)c2n1. The number of hydrogen-bond acceptors (Lipinski definition) is 1. The molecule has 1 heterocycles. The first-order chi connectivity index (χ1) is 7.22. The van der Waals surface area contributed by atoms with Crippen molar-refractivity contribution in [3.05, 3.63) is 47.1 Å². The van der Waals surface area contributed by atoms with Crippen molar-refractivity contribution in [2.45, 2.75) is 13.3 Å². The second-order valence-electron chi connectivity index (χ2n) is 3.47. The van der Waals surface area contributed by atoms with Gasteiger partial charge < -0.3 is 0 Å². The molecule has 2 aromatic rings. The monoisotopic (exact) mass is 261 g/mol. The van der Waals surface area contributed by atoms with Crippen LogP contribution in [0.3, 0.4) is 0 Å². The molecule has 0 aliphatic rings. The van der Waals surface area contributed by atoms with E-state index in [4.69, 9.17) is 0 Å². The molecular formula is C13H12BrN. The van der Waals surface area contributed by atoms with Crippen molar-refractivity contribution < 1.29 is 0 Å². The maximum Gasteiger partial charge on any atom is 0.0851 e. The lowest BCUT2D eigenvalue weighted by atomic mass is 10.1. The molecule has 1 aromatic carbocycles. The normalized spacial score (nSPS) is 10.5. The first-order valence-electron chi connectivity index (χ1n) is 4.96. The minimum atomic E-state index is 0.933. The fourth-order valence-corrected chi connectivity index (χ4v) is 1.96. The molecule has 0 saturated carbocycles. The van der Waals surface area contributed by atoms with E-state index in [2.05, 4.69) is 46.5 Å². The zero-order chi connectivity index (χ0) is 10.8. The number of para-hydroxylation sites is 1. The predicted molar refractivity (Wildman–Crippen MR) is 68.8 cm³/mol. The molecule has 0 fully saturated rings. The smallest absolute Gasteiger partial charge is 0.0851 e. The molecule has 15 heavy (non-hydrogen) atoms. The highest BCUT2D eigenvalue weighted by Gasteiger charge is 2.03. The molecule has 1 nitrogen and oxygen atoms in total. The van der Waals surface area contributed by atoms with Gasteiger partial charge >= 0.3 is 0 Å². The molecule has 2 heteroatoms. The minimum Gasteiger partial charge on any atom is -0.247 e. The van der Waals surface area contributed by atoms with Gasteiger partial charge in [-0.05, 0) is 40.1 Å². The van der Waals surface area contributed by atoms with Crippen LogP contribution in [0.2, 0.25) is 0 Å². The summed E-state index contributed by atoms with van der Waals surface area (Å²) in [5.74, 6) is 0. The van der Waals surface area contributed by atoms with Crippen LogP contribution in [0.5, 0.6) is 0 Å². The maximum atomic E-state index is 4.60. The second kappa shape index (κ2) is 4.15. The van der Waals surface area contributed by atoms with Crippen LogP contribution < -0.4 is 0 Å². The summed E-state index contributed by atoms with van der Waals surface area (Å²) in [5, 5.41) is 1.15. The van der Waals surface area contributed by atoms with Gasteiger partial charge in [0.15, 0.2) is 0 Å². The van der Waals surface area contributed by atoms with Crippen molar-refractivity contribution in [1.29, 1.82) is 0 Å². The van der Waals surface area contributed by atoms with E-state index in [0.717, 1.165) is 33.1 Å². The average Bonchev–Trinajstić information content (AvgIpc) is 2.28. The van der Waals surface area contributed by atoms with Crippen molar-refractivity contribution in [3.63, 3.8) is 0 Å². The first kappa shape index (κ1) is 10.4.